The number of benzene rings is 7. The Kier molecular flexibility index (Phi) is 4.36. The van der Waals surface area contributed by atoms with Gasteiger partial charge in [0.2, 0.25) is 0 Å². The van der Waals surface area contributed by atoms with Gasteiger partial charge >= 0.3 is 0 Å². The fourth-order valence-electron chi connectivity index (χ4n) is 6.47. The van der Waals surface area contributed by atoms with Crippen LogP contribution in [0.15, 0.2) is 144 Å². The third-order valence-corrected chi connectivity index (χ3v) is 8.36. The van der Waals surface area contributed by atoms with Crippen molar-refractivity contribution in [2.75, 3.05) is 0 Å². The van der Waals surface area contributed by atoms with Gasteiger partial charge in [0.05, 0.1) is 11.0 Å². The Labute approximate surface area is 230 Å². The molecule has 0 fully saturated rings. The monoisotopic (exact) mass is 509 g/mol. The quantitative estimate of drug-likeness (QED) is 0.227. The van der Waals surface area contributed by atoms with Gasteiger partial charge in [-0.15, -0.1) is 0 Å². The number of hydrogen-bond acceptors (Lipinski definition) is 1. The van der Waals surface area contributed by atoms with Gasteiger partial charge in [-0.1, -0.05) is 91.0 Å². The number of para-hydroxylation sites is 1. The third-order valence-electron chi connectivity index (χ3n) is 8.36. The van der Waals surface area contributed by atoms with Crippen molar-refractivity contribution in [1.29, 1.82) is 0 Å². The molecule has 0 saturated heterocycles. The van der Waals surface area contributed by atoms with Gasteiger partial charge in [-0.2, -0.15) is 0 Å². The first-order chi connectivity index (χ1) is 19.8. The molecule has 40 heavy (non-hydrogen) atoms. The first-order valence-electron chi connectivity index (χ1n) is 13.7. The minimum atomic E-state index is 0.920. The summed E-state index contributed by atoms with van der Waals surface area (Å²) in [5, 5.41) is 9.81. The summed E-state index contributed by atoms with van der Waals surface area (Å²) in [6, 6.07) is 50.2. The number of furan rings is 1. The van der Waals surface area contributed by atoms with E-state index in [-0.39, 0.29) is 0 Å². The van der Waals surface area contributed by atoms with Crippen LogP contribution in [-0.4, -0.2) is 4.57 Å². The van der Waals surface area contributed by atoms with E-state index in [4.69, 9.17) is 4.42 Å². The maximum Gasteiger partial charge on any atom is 0.136 e. The molecule has 0 aliphatic carbocycles. The molecule has 0 saturated carbocycles. The second-order valence-corrected chi connectivity index (χ2v) is 10.6. The van der Waals surface area contributed by atoms with Crippen molar-refractivity contribution < 1.29 is 4.42 Å². The number of rotatable bonds is 2. The van der Waals surface area contributed by atoms with E-state index in [1.54, 1.807) is 0 Å². The van der Waals surface area contributed by atoms with Crippen molar-refractivity contribution in [2.24, 2.45) is 0 Å². The van der Waals surface area contributed by atoms with E-state index < -0.39 is 0 Å². The lowest BCUT2D eigenvalue weighted by Gasteiger charge is -2.10. The zero-order valence-electron chi connectivity index (χ0n) is 21.6. The number of nitrogens with zero attached hydrogens (tertiary/aromatic N) is 1. The van der Waals surface area contributed by atoms with Gasteiger partial charge < -0.3 is 8.98 Å². The molecule has 2 nitrogen and oxygen atoms in total. The van der Waals surface area contributed by atoms with Crippen LogP contribution in [0, 0.1) is 0 Å². The molecule has 0 radical (unpaired) electrons. The lowest BCUT2D eigenvalue weighted by Crippen LogP contribution is -1.93. The van der Waals surface area contributed by atoms with Crippen LogP contribution in [0.3, 0.4) is 0 Å². The zero-order valence-corrected chi connectivity index (χ0v) is 21.6. The van der Waals surface area contributed by atoms with Crippen LogP contribution in [0.2, 0.25) is 0 Å². The lowest BCUT2D eigenvalue weighted by molar-refractivity contribution is 0.669. The Morgan fingerprint density at radius 2 is 1.05 bits per heavy atom. The first-order valence-corrected chi connectivity index (χ1v) is 13.7. The Bertz CT molecular complexity index is 2440. The highest BCUT2D eigenvalue weighted by atomic mass is 16.3. The number of hydrogen-bond donors (Lipinski definition) is 0. The fraction of sp³-hybridized carbons (Fsp3) is 0. The number of aromatic nitrogens is 1. The topological polar surface area (TPSA) is 18.1 Å². The SMILES string of the molecule is c1ccc2cc(-n3c4ccccc4c4cc(-c5ccc6oc7ccc8ccccc8c7c6c5)ccc43)ccc2c1. The average Bonchev–Trinajstić information content (AvgIpc) is 3.56. The Morgan fingerprint density at radius 1 is 0.400 bits per heavy atom. The predicted octanol–water partition coefficient (Wildman–Crippen LogP) is 10.7. The van der Waals surface area contributed by atoms with Gasteiger partial charge in [-0.25, -0.2) is 0 Å². The minimum Gasteiger partial charge on any atom is -0.456 e. The zero-order chi connectivity index (χ0) is 26.2. The van der Waals surface area contributed by atoms with E-state index in [0.29, 0.717) is 0 Å². The minimum absolute atomic E-state index is 0.920. The molecule has 0 spiro atoms. The van der Waals surface area contributed by atoms with Crippen LogP contribution in [-0.2, 0) is 0 Å². The third kappa shape index (κ3) is 3.05. The van der Waals surface area contributed by atoms with Crippen molar-refractivity contribution in [2.45, 2.75) is 0 Å². The maximum atomic E-state index is 6.26. The molecule has 0 atom stereocenters. The Morgan fingerprint density at radius 3 is 1.95 bits per heavy atom. The van der Waals surface area contributed by atoms with Crippen molar-refractivity contribution >= 4 is 65.3 Å². The van der Waals surface area contributed by atoms with E-state index in [1.807, 2.05) is 0 Å². The summed E-state index contributed by atoms with van der Waals surface area (Å²) in [6.07, 6.45) is 0. The highest BCUT2D eigenvalue weighted by molar-refractivity contribution is 6.19. The van der Waals surface area contributed by atoms with Gasteiger partial charge in [0.25, 0.3) is 0 Å². The molecular weight excluding hydrogens is 486 g/mol. The number of fused-ring (bicyclic) bond motifs is 9. The van der Waals surface area contributed by atoms with E-state index in [2.05, 4.69) is 144 Å². The molecule has 0 amide bonds. The molecule has 0 aliphatic rings. The summed E-state index contributed by atoms with van der Waals surface area (Å²) in [5.41, 5.74) is 7.84. The van der Waals surface area contributed by atoms with E-state index >= 15 is 0 Å². The molecule has 0 bridgehead atoms. The molecule has 0 aliphatic heterocycles. The highest BCUT2D eigenvalue weighted by Gasteiger charge is 2.15. The molecule has 186 valence electrons. The first kappa shape index (κ1) is 21.6. The summed E-state index contributed by atoms with van der Waals surface area (Å²) in [7, 11) is 0. The molecule has 7 aromatic carbocycles. The second kappa shape index (κ2) is 8.08. The second-order valence-electron chi connectivity index (χ2n) is 10.6. The van der Waals surface area contributed by atoms with Crippen LogP contribution in [0.5, 0.6) is 0 Å². The molecular formula is C38H23NO. The fourth-order valence-corrected chi connectivity index (χ4v) is 6.47. The average molecular weight is 510 g/mol. The van der Waals surface area contributed by atoms with Crippen LogP contribution < -0.4 is 0 Å². The van der Waals surface area contributed by atoms with Crippen LogP contribution in [0.4, 0.5) is 0 Å². The van der Waals surface area contributed by atoms with Gasteiger partial charge in [-0.05, 0) is 81.2 Å². The van der Waals surface area contributed by atoms with Crippen molar-refractivity contribution in [1.82, 2.24) is 4.57 Å². The summed E-state index contributed by atoms with van der Waals surface area (Å²) in [5.74, 6) is 0. The van der Waals surface area contributed by atoms with Gasteiger partial charge in [-0.3, -0.25) is 0 Å². The van der Waals surface area contributed by atoms with Crippen molar-refractivity contribution in [3.8, 4) is 16.8 Å². The van der Waals surface area contributed by atoms with E-state index in [9.17, 15) is 0 Å². The lowest BCUT2D eigenvalue weighted by atomic mass is 9.99. The predicted molar refractivity (Wildman–Crippen MR) is 169 cm³/mol. The van der Waals surface area contributed by atoms with E-state index in [0.717, 1.165) is 16.6 Å². The maximum absolute atomic E-state index is 6.26. The highest BCUT2D eigenvalue weighted by Crippen LogP contribution is 2.39. The smallest absolute Gasteiger partial charge is 0.136 e. The van der Waals surface area contributed by atoms with E-state index in [1.165, 1.54) is 65.6 Å². The van der Waals surface area contributed by atoms with Crippen molar-refractivity contribution in [3.05, 3.63) is 140 Å². The van der Waals surface area contributed by atoms with Gasteiger partial charge in [0.1, 0.15) is 11.2 Å². The molecule has 0 unspecified atom stereocenters. The largest absolute Gasteiger partial charge is 0.456 e. The van der Waals surface area contributed by atoms with Gasteiger partial charge in [0.15, 0.2) is 0 Å². The molecule has 2 heterocycles. The Hall–Kier alpha value is -5.34. The van der Waals surface area contributed by atoms with Crippen molar-refractivity contribution in [3.63, 3.8) is 0 Å². The molecule has 2 aromatic heterocycles. The van der Waals surface area contributed by atoms with Gasteiger partial charge in [0, 0.05) is 27.2 Å². The standard InChI is InChI=1S/C38H23NO/c1-2-9-26-21-29(17-13-24(26)7-1)39-34-12-6-5-11-31(34)32-22-27(14-18-35(32)39)28-16-19-36-33(23-28)38-30-10-4-3-8-25(30)15-20-37(38)40-36/h1-23H. The molecule has 9 rings (SSSR count). The van der Waals surface area contributed by atoms with Crippen LogP contribution >= 0.6 is 0 Å². The summed E-state index contributed by atoms with van der Waals surface area (Å²) >= 11 is 0. The summed E-state index contributed by atoms with van der Waals surface area (Å²) in [4.78, 5) is 0. The van der Waals surface area contributed by atoms with Crippen LogP contribution in [0.1, 0.15) is 0 Å². The molecule has 9 aromatic rings. The summed E-state index contributed by atoms with van der Waals surface area (Å²) in [6.45, 7) is 0. The molecule has 2 heteroatoms. The molecule has 0 N–H and O–H groups in total. The van der Waals surface area contributed by atoms with Crippen LogP contribution in [0.25, 0.3) is 82.1 Å². The normalized spacial score (nSPS) is 12.0. The summed E-state index contributed by atoms with van der Waals surface area (Å²) < 4.78 is 8.65. The Balaban J connectivity index is 1.28.